The first-order valence-corrected chi connectivity index (χ1v) is 7.75. The first kappa shape index (κ1) is 14.7. The fourth-order valence-corrected chi connectivity index (χ4v) is 3.44. The Bertz CT molecular complexity index is 493. The minimum atomic E-state index is -0.317. The number of halogens is 2. The van der Waals surface area contributed by atoms with Crippen LogP contribution in [0.25, 0.3) is 0 Å². The van der Waals surface area contributed by atoms with E-state index < -0.39 is 0 Å². The summed E-state index contributed by atoms with van der Waals surface area (Å²) in [7, 11) is 0. The van der Waals surface area contributed by atoms with Gasteiger partial charge in [-0.3, -0.25) is 0 Å². The lowest BCUT2D eigenvalue weighted by Crippen LogP contribution is -2.30. The normalized spacial score (nSPS) is 23.1. The number of thiocarbonyl (C=S) groups is 1. The summed E-state index contributed by atoms with van der Waals surface area (Å²) in [4.78, 5) is 0.198. The topological polar surface area (TPSA) is 38.0 Å². The Hall–Kier alpha value is -0.680. The van der Waals surface area contributed by atoms with E-state index in [1.807, 2.05) is 0 Å². The molecule has 0 amide bonds. The molecule has 1 fully saturated rings. The molecule has 2 unspecified atom stereocenters. The molecule has 0 saturated heterocycles. The van der Waals surface area contributed by atoms with Crippen molar-refractivity contribution in [2.24, 2.45) is 11.7 Å². The molecule has 2 rings (SSSR count). The molecule has 1 aromatic carbocycles. The van der Waals surface area contributed by atoms with E-state index in [-0.39, 0.29) is 10.8 Å². The Labute approximate surface area is 127 Å². The number of hydrogen-bond donors (Lipinski definition) is 2. The second-order valence-electron chi connectivity index (χ2n) is 5.17. The third-order valence-corrected chi connectivity index (χ3v) is 4.80. The molecule has 19 heavy (non-hydrogen) atoms. The summed E-state index contributed by atoms with van der Waals surface area (Å²) in [5.74, 6) is 0.255. The minimum absolute atomic E-state index is 0.198. The molecule has 0 radical (unpaired) electrons. The maximum Gasteiger partial charge on any atom is 0.161 e. The van der Waals surface area contributed by atoms with Crippen LogP contribution < -0.4 is 11.1 Å². The molecular formula is C14H18BrFN2S. The van der Waals surface area contributed by atoms with E-state index in [9.17, 15) is 4.39 Å². The van der Waals surface area contributed by atoms with Gasteiger partial charge in [-0.1, -0.05) is 32.0 Å². The van der Waals surface area contributed by atoms with Gasteiger partial charge in [0, 0.05) is 11.6 Å². The molecule has 2 nitrogen and oxygen atoms in total. The maximum atomic E-state index is 14.3. The van der Waals surface area contributed by atoms with Gasteiger partial charge in [-0.05, 0) is 46.8 Å². The van der Waals surface area contributed by atoms with Gasteiger partial charge >= 0.3 is 0 Å². The van der Waals surface area contributed by atoms with Gasteiger partial charge in [-0.2, -0.15) is 0 Å². The van der Waals surface area contributed by atoms with Gasteiger partial charge in [0.15, 0.2) is 5.82 Å². The van der Waals surface area contributed by atoms with Crippen molar-refractivity contribution in [1.29, 1.82) is 0 Å². The Morgan fingerprint density at radius 3 is 2.74 bits per heavy atom. The third kappa shape index (κ3) is 3.26. The predicted octanol–water partition coefficient (Wildman–Crippen LogP) is 4.21. The highest BCUT2D eigenvalue weighted by Crippen LogP contribution is 2.31. The van der Waals surface area contributed by atoms with E-state index in [2.05, 4.69) is 28.2 Å². The number of benzene rings is 1. The lowest BCUT2D eigenvalue weighted by atomic mass is 9.86. The van der Waals surface area contributed by atoms with Crippen LogP contribution in [0.15, 0.2) is 16.6 Å². The zero-order chi connectivity index (χ0) is 14.0. The smallest absolute Gasteiger partial charge is 0.161 e. The number of anilines is 1. The highest BCUT2D eigenvalue weighted by Gasteiger charge is 2.23. The van der Waals surface area contributed by atoms with Crippen molar-refractivity contribution in [3.8, 4) is 0 Å². The molecule has 3 N–H and O–H groups in total. The Morgan fingerprint density at radius 2 is 2.11 bits per heavy atom. The van der Waals surface area contributed by atoms with Gasteiger partial charge < -0.3 is 11.1 Å². The van der Waals surface area contributed by atoms with E-state index in [0.717, 1.165) is 6.42 Å². The van der Waals surface area contributed by atoms with Gasteiger partial charge in [-0.25, -0.2) is 4.39 Å². The quantitative estimate of drug-likeness (QED) is 0.806. The average Bonchev–Trinajstić information content (AvgIpc) is 2.37. The van der Waals surface area contributed by atoms with E-state index in [0.29, 0.717) is 27.7 Å². The molecule has 0 bridgehead atoms. The minimum Gasteiger partial charge on any atom is -0.389 e. The second-order valence-corrected chi connectivity index (χ2v) is 6.40. The van der Waals surface area contributed by atoms with E-state index >= 15 is 0 Å². The van der Waals surface area contributed by atoms with Crippen LogP contribution in [0.4, 0.5) is 10.1 Å². The van der Waals surface area contributed by atoms with Crippen molar-refractivity contribution in [2.75, 3.05) is 5.32 Å². The molecule has 0 spiro atoms. The van der Waals surface area contributed by atoms with Crippen LogP contribution in [0.5, 0.6) is 0 Å². The summed E-state index contributed by atoms with van der Waals surface area (Å²) in [5, 5.41) is 3.32. The molecule has 0 aromatic heterocycles. The van der Waals surface area contributed by atoms with Crippen LogP contribution in [-0.4, -0.2) is 11.0 Å². The summed E-state index contributed by atoms with van der Waals surface area (Å²) >= 11 is 8.12. The van der Waals surface area contributed by atoms with E-state index in [1.165, 1.54) is 19.3 Å². The SMILES string of the molecule is CC1CCCCC1Nc1ccc(C(N)=S)c(Br)c1F. The van der Waals surface area contributed by atoms with Crippen LogP contribution in [0.3, 0.4) is 0 Å². The highest BCUT2D eigenvalue weighted by molar-refractivity contribution is 9.10. The van der Waals surface area contributed by atoms with Crippen molar-refractivity contribution in [3.63, 3.8) is 0 Å². The Kier molecular flexibility index (Phi) is 4.79. The zero-order valence-corrected chi connectivity index (χ0v) is 13.3. The second kappa shape index (κ2) is 6.18. The van der Waals surface area contributed by atoms with Crippen molar-refractivity contribution >= 4 is 38.8 Å². The largest absolute Gasteiger partial charge is 0.389 e. The molecule has 104 valence electrons. The van der Waals surface area contributed by atoms with Crippen LogP contribution in [0, 0.1) is 11.7 Å². The van der Waals surface area contributed by atoms with Crippen molar-refractivity contribution < 1.29 is 4.39 Å². The van der Waals surface area contributed by atoms with Crippen molar-refractivity contribution in [3.05, 3.63) is 28.0 Å². The van der Waals surface area contributed by atoms with Gasteiger partial charge in [0.05, 0.1) is 10.2 Å². The molecule has 1 aliphatic carbocycles. The highest BCUT2D eigenvalue weighted by atomic mass is 79.9. The molecule has 2 atom stereocenters. The first-order chi connectivity index (χ1) is 9.00. The fraction of sp³-hybridized carbons (Fsp3) is 0.500. The lowest BCUT2D eigenvalue weighted by Gasteiger charge is -2.30. The van der Waals surface area contributed by atoms with Crippen LogP contribution in [0.2, 0.25) is 0 Å². The monoisotopic (exact) mass is 344 g/mol. The lowest BCUT2D eigenvalue weighted by molar-refractivity contribution is 0.348. The predicted molar refractivity (Wildman–Crippen MR) is 85.0 cm³/mol. The molecule has 0 aliphatic heterocycles. The van der Waals surface area contributed by atoms with Crippen LogP contribution in [-0.2, 0) is 0 Å². The van der Waals surface area contributed by atoms with Crippen LogP contribution >= 0.6 is 28.1 Å². The summed E-state index contributed by atoms with van der Waals surface area (Å²) in [6.07, 6.45) is 4.77. The van der Waals surface area contributed by atoms with Crippen molar-refractivity contribution in [2.45, 2.75) is 38.6 Å². The molecule has 1 saturated carbocycles. The Morgan fingerprint density at radius 1 is 1.42 bits per heavy atom. The number of nitrogens with one attached hydrogen (secondary N) is 1. The molecule has 1 aromatic rings. The maximum absolute atomic E-state index is 14.3. The van der Waals surface area contributed by atoms with Gasteiger partial charge in [0.25, 0.3) is 0 Å². The Balaban J connectivity index is 2.21. The van der Waals surface area contributed by atoms with E-state index in [4.69, 9.17) is 18.0 Å². The van der Waals surface area contributed by atoms with Gasteiger partial charge in [-0.15, -0.1) is 0 Å². The first-order valence-electron chi connectivity index (χ1n) is 6.55. The summed E-state index contributed by atoms with van der Waals surface area (Å²) in [5.41, 5.74) is 6.61. The number of rotatable bonds is 3. The number of hydrogen-bond acceptors (Lipinski definition) is 2. The molecule has 5 heteroatoms. The fourth-order valence-electron chi connectivity index (χ4n) is 2.58. The summed E-state index contributed by atoms with van der Waals surface area (Å²) in [6, 6.07) is 3.81. The molecule has 1 aliphatic rings. The standard InChI is InChI=1S/C14H18BrFN2S/c1-8-4-2-3-5-10(8)18-11-7-6-9(14(17)19)12(15)13(11)16/h6-8,10,18H,2-5H2,1H3,(H2,17,19). The third-order valence-electron chi connectivity index (χ3n) is 3.80. The summed E-state index contributed by atoms with van der Waals surface area (Å²) < 4.78 is 14.6. The average molecular weight is 345 g/mol. The summed E-state index contributed by atoms with van der Waals surface area (Å²) in [6.45, 7) is 2.22. The number of nitrogens with two attached hydrogens (primary N) is 1. The van der Waals surface area contributed by atoms with Crippen molar-refractivity contribution in [1.82, 2.24) is 0 Å². The van der Waals surface area contributed by atoms with E-state index in [1.54, 1.807) is 12.1 Å². The van der Waals surface area contributed by atoms with Crippen LogP contribution in [0.1, 0.15) is 38.2 Å². The zero-order valence-electron chi connectivity index (χ0n) is 10.9. The molecule has 0 heterocycles. The van der Waals surface area contributed by atoms with Gasteiger partial charge in [0.1, 0.15) is 4.99 Å². The molecular weight excluding hydrogens is 327 g/mol. The van der Waals surface area contributed by atoms with Gasteiger partial charge in [0.2, 0.25) is 0 Å².